The van der Waals surface area contributed by atoms with E-state index in [2.05, 4.69) is 53.9 Å². The van der Waals surface area contributed by atoms with Gasteiger partial charge in [-0.25, -0.2) is 9.98 Å². The molecule has 6 N–H and O–H groups in total. The van der Waals surface area contributed by atoms with Crippen LogP contribution in [0.25, 0.3) is 0 Å². The fraction of sp³-hybridized carbons (Fsp3) is 0.500. The minimum atomic E-state index is -0.346. The van der Waals surface area contributed by atoms with Gasteiger partial charge in [0.05, 0.1) is 6.21 Å². The Bertz CT molecular complexity index is 1460. The second-order valence-electron chi connectivity index (χ2n) is 13.2. The van der Waals surface area contributed by atoms with Crippen LogP contribution in [0.5, 0.6) is 0 Å². The lowest BCUT2D eigenvalue weighted by Crippen LogP contribution is -2.50. The molecular weight excluding hydrogens is 578 g/mol. The highest BCUT2D eigenvalue weighted by Gasteiger charge is 2.26. The molecule has 46 heavy (non-hydrogen) atoms. The van der Waals surface area contributed by atoms with Crippen LogP contribution in [-0.4, -0.2) is 104 Å². The smallest absolute Gasteiger partial charge is 0.256 e. The molecule has 0 aromatic heterocycles. The molecule has 3 aliphatic heterocycles. The Morgan fingerprint density at radius 1 is 1.13 bits per heavy atom. The van der Waals surface area contributed by atoms with Crippen LogP contribution < -0.4 is 22.1 Å². The number of anilines is 1. The summed E-state index contributed by atoms with van der Waals surface area (Å²) in [5.74, 6) is 1.54. The molecule has 248 valence electrons. The van der Waals surface area contributed by atoms with E-state index in [0.717, 1.165) is 49.9 Å². The third kappa shape index (κ3) is 9.13. The summed E-state index contributed by atoms with van der Waals surface area (Å²) < 4.78 is 0. The zero-order valence-corrected chi connectivity index (χ0v) is 28.3. The number of aliphatic imine (C=N–C) groups is 4. The number of benzene rings is 1. The summed E-state index contributed by atoms with van der Waals surface area (Å²) in [7, 11) is 3.91. The molecule has 3 heterocycles. The Labute approximate surface area is 273 Å². The molecule has 0 radical (unpaired) electrons. The van der Waals surface area contributed by atoms with Gasteiger partial charge in [0.15, 0.2) is 0 Å². The molecule has 2 fully saturated rings. The second-order valence-corrected chi connectivity index (χ2v) is 13.2. The van der Waals surface area contributed by atoms with E-state index in [1.165, 1.54) is 32.1 Å². The molecule has 12 nitrogen and oxygen atoms in total. The lowest BCUT2D eigenvalue weighted by molar-refractivity contribution is 0.0965. The van der Waals surface area contributed by atoms with Crippen molar-refractivity contribution in [3.63, 3.8) is 0 Å². The molecule has 0 bridgehead atoms. The first-order valence-electron chi connectivity index (χ1n) is 16.0. The van der Waals surface area contributed by atoms with E-state index in [4.69, 9.17) is 16.5 Å². The van der Waals surface area contributed by atoms with Crippen molar-refractivity contribution in [3.05, 3.63) is 65.5 Å². The molecule has 12 heteroatoms. The van der Waals surface area contributed by atoms with Crippen LogP contribution in [0.2, 0.25) is 0 Å². The topological polar surface area (TPSA) is 152 Å². The largest absolute Gasteiger partial charge is 0.385 e. The van der Waals surface area contributed by atoms with Crippen molar-refractivity contribution in [3.8, 4) is 0 Å². The standard InChI is InChI=1S/C34H51N11O/c1-8-38-27-21-39-33(45-17-15-44(16-18-45)22-24-11-13-43(7)14-12-24)42-30(27)31(36)40-26-19-25(10-9-23(26)2)32(46)41-29(35)20-28(37-6)34(3,4)5/h8-10,19-21,24,40H,1,11-18,22,35-36H2,2-7H3,(H,41,46)/b29-20+,31-30-,37-28+,38-27-. The van der Waals surface area contributed by atoms with Crippen LogP contribution in [0.1, 0.15) is 49.5 Å². The molecule has 0 aliphatic carbocycles. The Balaban J connectivity index is 1.47. The van der Waals surface area contributed by atoms with Gasteiger partial charge in [0.25, 0.3) is 5.91 Å². The minimum Gasteiger partial charge on any atom is -0.385 e. The van der Waals surface area contributed by atoms with Crippen LogP contribution in [0.15, 0.2) is 74.4 Å². The summed E-state index contributed by atoms with van der Waals surface area (Å²) >= 11 is 0. The van der Waals surface area contributed by atoms with Crippen LogP contribution in [0.4, 0.5) is 5.69 Å². The summed E-state index contributed by atoms with van der Waals surface area (Å²) in [6, 6.07) is 5.33. The van der Waals surface area contributed by atoms with Crippen molar-refractivity contribution in [2.75, 3.05) is 65.2 Å². The first-order chi connectivity index (χ1) is 21.9. The van der Waals surface area contributed by atoms with Crippen molar-refractivity contribution in [2.24, 2.45) is 42.8 Å². The third-order valence-corrected chi connectivity index (χ3v) is 8.58. The van der Waals surface area contributed by atoms with Crippen LogP contribution >= 0.6 is 0 Å². The average Bonchev–Trinajstić information content (AvgIpc) is 3.02. The van der Waals surface area contributed by atoms with E-state index >= 15 is 0 Å². The number of hydrogen-bond donors (Lipinski definition) is 4. The van der Waals surface area contributed by atoms with Gasteiger partial charge in [-0.1, -0.05) is 33.4 Å². The Kier molecular flexibility index (Phi) is 11.5. The minimum absolute atomic E-state index is 0.212. The monoisotopic (exact) mass is 629 g/mol. The van der Waals surface area contributed by atoms with Gasteiger partial charge < -0.3 is 31.9 Å². The van der Waals surface area contributed by atoms with Gasteiger partial charge >= 0.3 is 0 Å². The van der Waals surface area contributed by atoms with Crippen LogP contribution in [0.3, 0.4) is 0 Å². The molecule has 3 aliphatic rings. The Hall–Kier alpha value is -4.29. The van der Waals surface area contributed by atoms with E-state index in [1.807, 2.05) is 33.8 Å². The molecule has 0 unspecified atom stereocenters. The van der Waals surface area contributed by atoms with Crippen molar-refractivity contribution in [2.45, 2.75) is 40.5 Å². The molecule has 1 aromatic rings. The predicted molar refractivity (Wildman–Crippen MR) is 190 cm³/mol. The van der Waals surface area contributed by atoms with Gasteiger partial charge in [-0.3, -0.25) is 19.7 Å². The zero-order chi connectivity index (χ0) is 33.4. The first kappa shape index (κ1) is 34.6. The van der Waals surface area contributed by atoms with Crippen molar-refractivity contribution in [1.29, 1.82) is 0 Å². The number of allylic oxidation sites excluding steroid dienone is 2. The predicted octanol–water partition coefficient (Wildman–Crippen LogP) is 3.17. The van der Waals surface area contributed by atoms with Gasteiger partial charge in [-0.05, 0) is 69.6 Å². The van der Waals surface area contributed by atoms with Crippen LogP contribution in [-0.2, 0) is 0 Å². The van der Waals surface area contributed by atoms with E-state index in [-0.39, 0.29) is 17.1 Å². The van der Waals surface area contributed by atoms with E-state index < -0.39 is 0 Å². The SMILES string of the molecule is C=C/N=C1/C=NC(N2CCN(CC3CCN(C)CC3)CC2)=N/C1=C(/N)Nc1cc(C(=O)N/C(N)=C/C(=N\C)C(C)(C)C)ccc1C. The fourth-order valence-electron chi connectivity index (χ4n) is 5.76. The quantitative estimate of drug-likeness (QED) is 0.323. The molecule has 4 rings (SSSR count). The van der Waals surface area contributed by atoms with Gasteiger partial charge in [0, 0.05) is 68.3 Å². The average molecular weight is 630 g/mol. The number of piperazine rings is 1. The van der Waals surface area contributed by atoms with Crippen molar-refractivity contribution < 1.29 is 4.79 Å². The number of amides is 1. The molecule has 2 saturated heterocycles. The van der Waals surface area contributed by atoms with Crippen LogP contribution in [0, 0.1) is 18.3 Å². The maximum absolute atomic E-state index is 13.1. The molecule has 0 saturated carbocycles. The second kappa shape index (κ2) is 15.3. The highest BCUT2D eigenvalue weighted by Crippen LogP contribution is 2.22. The first-order valence-corrected chi connectivity index (χ1v) is 16.0. The lowest BCUT2D eigenvalue weighted by atomic mass is 9.89. The number of carbonyl (C=O) groups excluding carboxylic acids is 1. The number of likely N-dealkylation sites (tertiary alicyclic amines) is 1. The molecular formula is C34H51N11O. The van der Waals surface area contributed by atoms with E-state index in [9.17, 15) is 4.79 Å². The number of nitrogens with zero attached hydrogens (tertiary/aromatic N) is 7. The molecule has 1 aromatic carbocycles. The van der Waals surface area contributed by atoms with Gasteiger partial charge in [0.1, 0.15) is 23.1 Å². The van der Waals surface area contributed by atoms with Crippen molar-refractivity contribution in [1.82, 2.24) is 20.0 Å². The zero-order valence-electron chi connectivity index (χ0n) is 28.3. The number of piperidine rings is 1. The van der Waals surface area contributed by atoms with E-state index in [0.29, 0.717) is 34.4 Å². The number of guanidine groups is 1. The summed E-state index contributed by atoms with van der Waals surface area (Å²) in [5, 5.41) is 6.01. The number of carbonyl (C=O) groups is 1. The van der Waals surface area contributed by atoms with E-state index in [1.54, 1.807) is 31.5 Å². The Morgan fingerprint density at radius 3 is 2.46 bits per heavy atom. The highest BCUT2D eigenvalue weighted by molar-refractivity contribution is 6.41. The third-order valence-electron chi connectivity index (χ3n) is 8.58. The summed E-state index contributed by atoms with van der Waals surface area (Å²) in [5.41, 5.74) is 16.3. The van der Waals surface area contributed by atoms with Gasteiger partial charge in [-0.2, -0.15) is 0 Å². The Morgan fingerprint density at radius 2 is 1.83 bits per heavy atom. The number of nitrogens with one attached hydrogen (secondary N) is 2. The summed E-state index contributed by atoms with van der Waals surface area (Å²) in [4.78, 5) is 38.4. The number of rotatable bonds is 8. The fourth-order valence-corrected chi connectivity index (χ4v) is 5.76. The van der Waals surface area contributed by atoms with Crippen molar-refractivity contribution >= 4 is 35.2 Å². The van der Waals surface area contributed by atoms with Gasteiger partial charge in [-0.15, -0.1) is 0 Å². The molecule has 0 atom stereocenters. The maximum atomic E-state index is 13.1. The highest BCUT2D eigenvalue weighted by atomic mass is 16.1. The maximum Gasteiger partial charge on any atom is 0.256 e. The summed E-state index contributed by atoms with van der Waals surface area (Å²) in [6.45, 7) is 18.9. The normalized spacial score (nSPS) is 21.3. The number of aryl methyl sites for hydroxylation is 1. The number of hydrogen-bond acceptors (Lipinski definition) is 11. The summed E-state index contributed by atoms with van der Waals surface area (Å²) in [6.07, 6.45) is 7.34. The molecule has 0 spiro atoms. The lowest BCUT2D eigenvalue weighted by Gasteiger charge is -2.38. The number of nitrogens with two attached hydrogens (primary N) is 2. The molecule has 1 amide bonds. The van der Waals surface area contributed by atoms with Gasteiger partial charge in [0.2, 0.25) is 5.96 Å².